The van der Waals surface area contributed by atoms with Gasteiger partial charge in [-0.1, -0.05) is 23.2 Å². The van der Waals surface area contributed by atoms with Gasteiger partial charge < -0.3 is 15.5 Å². The molecule has 0 aliphatic carbocycles. The molecule has 0 saturated carbocycles. The van der Waals surface area contributed by atoms with Crippen LogP contribution < -0.4 is 10.5 Å². The van der Waals surface area contributed by atoms with Crippen molar-refractivity contribution in [3.05, 3.63) is 40.4 Å². The smallest absolute Gasteiger partial charge is 0.140 e. The zero-order valence-electron chi connectivity index (χ0n) is 10.6. The fourth-order valence-electron chi connectivity index (χ4n) is 2.00. The lowest BCUT2D eigenvalue weighted by molar-refractivity contribution is 0.415. The second kappa shape index (κ2) is 4.89. The Hall–Kier alpha value is -1.91. The van der Waals surface area contributed by atoms with Crippen molar-refractivity contribution >= 4 is 39.9 Å². The molecule has 4 nitrogen and oxygen atoms in total. The number of hydrogen-bond acceptors (Lipinski definition) is 3. The van der Waals surface area contributed by atoms with Crippen LogP contribution in [0.5, 0.6) is 5.75 Å². The number of nitrogen functional groups attached to an aromatic ring is 1. The Labute approximate surface area is 125 Å². The molecular formula is C14H11Cl2N3O. The van der Waals surface area contributed by atoms with Crippen molar-refractivity contribution in [1.29, 1.82) is 0 Å². The first kappa shape index (κ1) is 13.1. The second-order valence-electron chi connectivity index (χ2n) is 4.32. The molecule has 0 spiro atoms. The molecule has 0 radical (unpaired) electrons. The van der Waals surface area contributed by atoms with Crippen molar-refractivity contribution in [3.8, 4) is 17.1 Å². The highest BCUT2D eigenvalue weighted by Crippen LogP contribution is 2.32. The molecule has 0 unspecified atom stereocenters. The van der Waals surface area contributed by atoms with Gasteiger partial charge in [0, 0.05) is 11.3 Å². The minimum absolute atomic E-state index is 0.468. The fraction of sp³-hybridized carbons (Fsp3) is 0.0714. The van der Waals surface area contributed by atoms with Crippen LogP contribution in [-0.4, -0.2) is 17.1 Å². The third-order valence-electron chi connectivity index (χ3n) is 3.04. The summed E-state index contributed by atoms with van der Waals surface area (Å²) in [4.78, 5) is 7.67. The van der Waals surface area contributed by atoms with Gasteiger partial charge in [-0.15, -0.1) is 0 Å². The van der Waals surface area contributed by atoms with E-state index in [1.807, 2.05) is 6.07 Å². The maximum absolute atomic E-state index is 6.00. The quantitative estimate of drug-likeness (QED) is 0.700. The van der Waals surface area contributed by atoms with Crippen LogP contribution in [0.25, 0.3) is 22.4 Å². The van der Waals surface area contributed by atoms with Crippen LogP contribution >= 0.6 is 23.2 Å². The summed E-state index contributed by atoms with van der Waals surface area (Å²) in [5, 5.41) is 0.948. The Balaban J connectivity index is 2.19. The van der Waals surface area contributed by atoms with Crippen LogP contribution in [-0.2, 0) is 0 Å². The zero-order chi connectivity index (χ0) is 14.3. The van der Waals surface area contributed by atoms with Gasteiger partial charge in [0.25, 0.3) is 0 Å². The van der Waals surface area contributed by atoms with Crippen LogP contribution in [0.4, 0.5) is 5.69 Å². The predicted octanol–water partition coefficient (Wildman–Crippen LogP) is 4.13. The van der Waals surface area contributed by atoms with Crippen LogP contribution in [0.1, 0.15) is 0 Å². The Kier molecular flexibility index (Phi) is 3.20. The summed E-state index contributed by atoms with van der Waals surface area (Å²) in [5.41, 5.74) is 8.91. The van der Waals surface area contributed by atoms with Crippen LogP contribution in [0.3, 0.4) is 0 Å². The number of fused-ring (bicyclic) bond motifs is 1. The van der Waals surface area contributed by atoms with E-state index < -0.39 is 0 Å². The van der Waals surface area contributed by atoms with Gasteiger partial charge in [-0.25, -0.2) is 4.98 Å². The lowest BCUT2D eigenvalue weighted by Gasteiger charge is -2.05. The molecule has 0 amide bonds. The number of nitrogens with one attached hydrogen (secondary N) is 1. The summed E-state index contributed by atoms with van der Waals surface area (Å²) in [5.74, 6) is 1.36. The van der Waals surface area contributed by atoms with E-state index in [2.05, 4.69) is 9.97 Å². The molecule has 102 valence electrons. The minimum Gasteiger partial charge on any atom is -0.497 e. The molecule has 2 aromatic carbocycles. The summed E-state index contributed by atoms with van der Waals surface area (Å²) >= 11 is 12.0. The van der Waals surface area contributed by atoms with Gasteiger partial charge in [-0.2, -0.15) is 0 Å². The summed E-state index contributed by atoms with van der Waals surface area (Å²) in [7, 11) is 1.60. The third-order valence-corrected chi connectivity index (χ3v) is 3.76. The van der Waals surface area contributed by atoms with E-state index in [9.17, 15) is 0 Å². The van der Waals surface area contributed by atoms with Crippen LogP contribution in [0.15, 0.2) is 30.3 Å². The zero-order valence-corrected chi connectivity index (χ0v) is 12.1. The topological polar surface area (TPSA) is 63.9 Å². The minimum atomic E-state index is 0.468. The van der Waals surface area contributed by atoms with E-state index in [0.717, 1.165) is 16.6 Å². The average Bonchev–Trinajstić information content (AvgIpc) is 2.82. The fourth-order valence-corrected chi connectivity index (χ4v) is 2.32. The summed E-state index contributed by atoms with van der Waals surface area (Å²) in [6, 6.07) is 8.87. The highest BCUT2D eigenvalue weighted by atomic mass is 35.5. The lowest BCUT2D eigenvalue weighted by atomic mass is 10.1. The van der Waals surface area contributed by atoms with Crippen molar-refractivity contribution in [2.24, 2.45) is 0 Å². The number of imidazole rings is 1. The molecule has 6 heteroatoms. The summed E-state index contributed by atoms with van der Waals surface area (Å²) in [6.45, 7) is 0. The van der Waals surface area contributed by atoms with Crippen LogP contribution in [0, 0.1) is 0 Å². The van der Waals surface area contributed by atoms with E-state index in [1.165, 1.54) is 0 Å². The molecule has 1 aromatic heterocycles. The number of anilines is 1. The standard InChI is InChI=1S/C14H11Cl2N3O/c1-20-7-2-3-11(17)8(4-7)14-18-12-5-9(15)10(16)6-13(12)19-14/h2-6H,17H2,1H3,(H,18,19). The summed E-state index contributed by atoms with van der Waals surface area (Å²) < 4.78 is 5.20. The Bertz CT molecular complexity index is 759. The molecule has 3 N–H and O–H groups in total. The highest BCUT2D eigenvalue weighted by Gasteiger charge is 2.11. The molecule has 3 rings (SSSR count). The molecular weight excluding hydrogens is 297 g/mol. The largest absolute Gasteiger partial charge is 0.497 e. The first-order valence-corrected chi connectivity index (χ1v) is 6.62. The first-order valence-electron chi connectivity index (χ1n) is 5.87. The number of nitrogens with zero attached hydrogens (tertiary/aromatic N) is 1. The number of hydrogen-bond donors (Lipinski definition) is 2. The Morgan fingerprint density at radius 1 is 1.15 bits per heavy atom. The van der Waals surface area contributed by atoms with Crippen molar-refractivity contribution < 1.29 is 4.74 Å². The van der Waals surface area contributed by atoms with Crippen molar-refractivity contribution in [2.75, 3.05) is 12.8 Å². The van der Waals surface area contributed by atoms with Gasteiger partial charge in [0.2, 0.25) is 0 Å². The van der Waals surface area contributed by atoms with E-state index in [4.69, 9.17) is 33.7 Å². The van der Waals surface area contributed by atoms with Gasteiger partial charge in [-0.3, -0.25) is 0 Å². The highest BCUT2D eigenvalue weighted by molar-refractivity contribution is 6.42. The molecule has 0 aliphatic heterocycles. The van der Waals surface area contributed by atoms with E-state index >= 15 is 0 Å². The van der Waals surface area contributed by atoms with Crippen molar-refractivity contribution in [1.82, 2.24) is 9.97 Å². The monoisotopic (exact) mass is 307 g/mol. The SMILES string of the molecule is COc1ccc(N)c(-c2nc3cc(Cl)c(Cl)cc3[nH]2)c1. The van der Waals surface area contributed by atoms with Crippen molar-refractivity contribution in [3.63, 3.8) is 0 Å². The number of halogens is 2. The third kappa shape index (κ3) is 2.17. The number of aromatic amines is 1. The lowest BCUT2D eigenvalue weighted by Crippen LogP contribution is -1.92. The number of H-pyrrole nitrogens is 1. The second-order valence-corrected chi connectivity index (χ2v) is 5.14. The number of methoxy groups -OCH3 is 1. The normalized spacial score (nSPS) is 10.9. The molecule has 0 atom stereocenters. The van der Waals surface area contributed by atoms with Gasteiger partial charge in [0.1, 0.15) is 11.6 Å². The van der Waals surface area contributed by atoms with Gasteiger partial charge in [-0.05, 0) is 30.3 Å². The van der Waals surface area contributed by atoms with Gasteiger partial charge in [0.05, 0.1) is 28.2 Å². The van der Waals surface area contributed by atoms with Gasteiger partial charge >= 0.3 is 0 Å². The molecule has 0 aliphatic rings. The van der Waals surface area contributed by atoms with E-state index in [0.29, 0.717) is 27.3 Å². The average molecular weight is 308 g/mol. The molecule has 1 heterocycles. The number of nitrogens with two attached hydrogens (primary N) is 1. The first-order chi connectivity index (χ1) is 9.58. The molecule has 0 saturated heterocycles. The Morgan fingerprint density at radius 2 is 1.90 bits per heavy atom. The van der Waals surface area contributed by atoms with E-state index in [1.54, 1.807) is 31.4 Å². The number of ether oxygens (including phenoxy) is 1. The molecule has 0 fully saturated rings. The number of aromatic nitrogens is 2. The molecule has 0 bridgehead atoms. The number of rotatable bonds is 2. The molecule has 3 aromatic rings. The predicted molar refractivity (Wildman–Crippen MR) is 82.5 cm³/mol. The molecule has 20 heavy (non-hydrogen) atoms. The Morgan fingerprint density at radius 3 is 2.65 bits per heavy atom. The van der Waals surface area contributed by atoms with Crippen molar-refractivity contribution in [2.45, 2.75) is 0 Å². The van der Waals surface area contributed by atoms with Gasteiger partial charge in [0.15, 0.2) is 0 Å². The maximum atomic E-state index is 6.00. The summed E-state index contributed by atoms with van der Waals surface area (Å²) in [6.07, 6.45) is 0. The number of benzene rings is 2. The van der Waals surface area contributed by atoms with E-state index in [-0.39, 0.29) is 0 Å². The van der Waals surface area contributed by atoms with Crippen LogP contribution in [0.2, 0.25) is 10.0 Å². The maximum Gasteiger partial charge on any atom is 0.140 e.